The predicted molar refractivity (Wildman–Crippen MR) is 114 cm³/mol. The summed E-state index contributed by atoms with van der Waals surface area (Å²) in [6.07, 6.45) is -0.614. The molecule has 31 heavy (non-hydrogen) atoms. The van der Waals surface area contributed by atoms with Crippen LogP contribution in [0.3, 0.4) is 0 Å². The Morgan fingerprint density at radius 2 is 1.77 bits per heavy atom. The molecule has 3 rings (SSSR count). The molecule has 1 aliphatic rings. The van der Waals surface area contributed by atoms with E-state index in [4.69, 9.17) is 22.6 Å². The number of benzene rings is 1. The fourth-order valence-electron chi connectivity index (χ4n) is 3.75. The maximum atomic E-state index is 12.8. The Morgan fingerprint density at radius 1 is 1.13 bits per heavy atom. The predicted octanol–water partition coefficient (Wildman–Crippen LogP) is 1.85. The van der Waals surface area contributed by atoms with Gasteiger partial charge < -0.3 is 27.5 Å². The largest absolute Gasteiger partial charge is 0.416 e. The second-order valence-corrected chi connectivity index (χ2v) is 7.12. The number of nitrogen functional groups attached to an aromatic ring is 1. The first kappa shape index (κ1) is 22.5. The van der Waals surface area contributed by atoms with Crippen LogP contribution in [0.1, 0.15) is 22.7 Å². The average molecular weight is 434 g/mol. The molecule has 1 aliphatic heterocycles. The van der Waals surface area contributed by atoms with Gasteiger partial charge in [0, 0.05) is 56.8 Å². The van der Waals surface area contributed by atoms with Gasteiger partial charge in [0.15, 0.2) is 0 Å². The maximum Gasteiger partial charge on any atom is 0.416 e. The van der Waals surface area contributed by atoms with Crippen molar-refractivity contribution in [1.29, 1.82) is 5.41 Å². The SMILES string of the molecule is N=CC(=CN)c1c(N)ncnc1N1CCN([C@@H](CN)c2ccc(C(F)(F)F)cc2)CC1. The Morgan fingerprint density at radius 3 is 2.29 bits per heavy atom. The van der Waals surface area contributed by atoms with E-state index in [-0.39, 0.29) is 18.4 Å². The first-order chi connectivity index (χ1) is 14.8. The Hall–Kier alpha value is -3.18. The molecular weight excluding hydrogens is 409 g/mol. The van der Waals surface area contributed by atoms with E-state index in [0.717, 1.165) is 23.9 Å². The molecule has 0 spiro atoms. The van der Waals surface area contributed by atoms with Crippen molar-refractivity contribution in [3.63, 3.8) is 0 Å². The number of nitrogens with one attached hydrogen (secondary N) is 1. The van der Waals surface area contributed by atoms with Crippen LogP contribution in [0.5, 0.6) is 0 Å². The fourth-order valence-corrected chi connectivity index (χ4v) is 3.75. The normalized spacial score (nSPS) is 16.9. The number of rotatable bonds is 6. The molecule has 7 N–H and O–H groups in total. The number of nitrogens with zero attached hydrogens (tertiary/aromatic N) is 4. The lowest BCUT2D eigenvalue weighted by Crippen LogP contribution is -2.49. The fraction of sp³-hybridized carbons (Fsp3) is 0.350. The minimum atomic E-state index is -4.37. The van der Waals surface area contributed by atoms with Crippen LogP contribution in [0.15, 0.2) is 36.8 Å². The number of allylic oxidation sites excluding steroid dienone is 1. The van der Waals surface area contributed by atoms with Crippen molar-refractivity contribution in [2.75, 3.05) is 43.4 Å². The van der Waals surface area contributed by atoms with Crippen molar-refractivity contribution < 1.29 is 13.2 Å². The highest BCUT2D eigenvalue weighted by Gasteiger charge is 2.31. The molecule has 0 bridgehead atoms. The third-order valence-corrected chi connectivity index (χ3v) is 5.38. The number of hydrogen-bond donors (Lipinski definition) is 4. The molecule has 0 unspecified atom stereocenters. The number of nitrogens with two attached hydrogens (primary N) is 3. The number of alkyl halides is 3. The highest BCUT2D eigenvalue weighted by Crippen LogP contribution is 2.32. The second kappa shape index (κ2) is 9.31. The number of aromatic nitrogens is 2. The standard InChI is InChI=1S/C20H25F3N8/c21-20(22,23)15-3-1-13(2-4-15)16(11-26)30-5-7-31(8-6-30)19-17(14(9-24)10-25)18(27)28-12-29-19/h1-4,9-10,12,16,24H,5-8,11,25-26H2,(H2,27,28,29)/t16-/m0/s1. The molecule has 2 aromatic rings. The zero-order valence-electron chi connectivity index (χ0n) is 16.8. The molecule has 166 valence electrons. The minimum Gasteiger partial charge on any atom is -0.404 e. The van der Waals surface area contributed by atoms with Crippen LogP contribution in [0.4, 0.5) is 24.8 Å². The van der Waals surface area contributed by atoms with Crippen molar-refractivity contribution in [1.82, 2.24) is 14.9 Å². The topological polar surface area (TPSA) is 134 Å². The third-order valence-electron chi connectivity index (χ3n) is 5.38. The van der Waals surface area contributed by atoms with Crippen molar-refractivity contribution in [3.8, 4) is 0 Å². The highest BCUT2D eigenvalue weighted by atomic mass is 19.4. The van der Waals surface area contributed by atoms with Crippen molar-refractivity contribution in [2.45, 2.75) is 12.2 Å². The molecule has 1 aromatic heterocycles. The van der Waals surface area contributed by atoms with Gasteiger partial charge in [0.1, 0.15) is 18.0 Å². The Labute approximate surface area is 178 Å². The van der Waals surface area contributed by atoms with Crippen molar-refractivity contribution in [2.24, 2.45) is 11.5 Å². The van der Waals surface area contributed by atoms with E-state index in [9.17, 15) is 13.2 Å². The van der Waals surface area contributed by atoms with E-state index >= 15 is 0 Å². The molecule has 11 heteroatoms. The van der Waals surface area contributed by atoms with Gasteiger partial charge in [-0.3, -0.25) is 4.90 Å². The van der Waals surface area contributed by atoms with Crippen LogP contribution in [0, 0.1) is 5.41 Å². The number of anilines is 2. The molecule has 1 atom stereocenters. The summed E-state index contributed by atoms with van der Waals surface area (Å²) in [6, 6.07) is 4.95. The number of piperazine rings is 1. The van der Waals surface area contributed by atoms with Gasteiger partial charge in [-0.15, -0.1) is 0 Å². The molecule has 1 saturated heterocycles. The van der Waals surface area contributed by atoms with Crippen molar-refractivity contribution >= 4 is 23.4 Å². The van der Waals surface area contributed by atoms with E-state index in [1.54, 1.807) is 0 Å². The monoisotopic (exact) mass is 434 g/mol. The zero-order chi connectivity index (χ0) is 22.6. The van der Waals surface area contributed by atoms with E-state index < -0.39 is 11.7 Å². The van der Waals surface area contributed by atoms with E-state index in [1.807, 2.05) is 4.90 Å². The summed E-state index contributed by atoms with van der Waals surface area (Å²) in [5.74, 6) is 0.823. The minimum absolute atomic E-state index is 0.194. The lowest BCUT2D eigenvalue weighted by atomic mass is 10.0. The first-order valence-corrected chi connectivity index (χ1v) is 9.69. The summed E-state index contributed by atoms with van der Waals surface area (Å²) in [7, 11) is 0. The summed E-state index contributed by atoms with van der Waals surface area (Å²) in [6.45, 7) is 2.72. The van der Waals surface area contributed by atoms with Gasteiger partial charge in [0.2, 0.25) is 0 Å². The second-order valence-electron chi connectivity index (χ2n) is 7.12. The van der Waals surface area contributed by atoms with Gasteiger partial charge in [-0.1, -0.05) is 12.1 Å². The molecule has 0 aliphatic carbocycles. The van der Waals surface area contributed by atoms with Crippen LogP contribution < -0.4 is 22.1 Å². The van der Waals surface area contributed by atoms with Gasteiger partial charge >= 0.3 is 6.18 Å². The molecule has 8 nitrogen and oxygen atoms in total. The van der Waals surface area contributed by atoms with Crippen molar-refractivity contribution in [3.05, 3.63) is 53.5 Å². The molecule has 1 aromatic carbocycles. The lowest BCUT2D eigenvalue weighted by molar-refractivity contribution is -0.137. The molecule has 0 amide bonds. The smallest absolute Gasteiger partial charge is 0.404 e. The van der Waals surface area contributed by atoms with Gasteiger partial charge in [-0.25, -0.2) is 9.97 Å². The molecular formula is C20H25F3N8. The van der Waals surface area contributed by atoms with E-state index in [0.29, 0.717) is 43.1 Å². The van der Waals surface area contributed by atoms with Crippen LogP contribution in [0.25, 0.3) is 5.57 Å². The molecule has 1 fully saturated rings. The average Bonchev–Trinajstić information content (AvgIpc) is 2.76. The third kappa shape index (κ3) is 4.78. The van der Waals surface area contributed by atoms with Gasteiger partial charge in [-0.2, -0.15) is 13.2 Å². The van der Waals surface area contributed by atoms with Crippen LogP contribution in [0.2, 0.25) is 0 Å². The summed E-state index contributed by atoms with van der Waals surface area (Å²) in [5.41, 5.74) is 18.6. The summed E-state index contributed by atoms with van der Waals surface area (Å²) in [5, 5.41) is 7.57. The Bertz CT molecular complexity index is 934. The molecule has 2 heterocycles. The Kier molecular flexibility index (Phi) is 6.76. The van der Waals surface area contributed by atoms with Crippen LogP contribution in [-0.4, -0.2) is 53.8 Å². The van der Waals surface area contributed by atoms with Gasteiger partial charge in [-0.05, 0) is 17.7 Å². The number of hydrogen-bond acceptors (Lipinski definition) is 8. The zero-order valence-corrected chi connectivity index (χ0v) is 16.8. The molecule has 0 radical (unpaired) electrons. The highest BCUT2D eigenvalue weighted by molar-refractivity contribution is 6.12. The number of halogens is 3. The van der Waals surface area contributed by atoms with E-state index in [2.05, 4.69) is 14.9 Å². The van der Waals surface area contributed by atoms with E-state index in [1.165, 1.54) is 24.7 Å². The first-order valence-electron chi connectivity index (χ1n) is 9.69. The summed E-state index contributed by atoms with van der Waals surface area (Å²) in [4.78, 5) is 12.5. The summed E-state index contributed by atoms with van der Waals surface area (Å²) < 4.78 is 38.5. The van der Waals surface area contributed by atoms with Crippen LogP contribution in [-0.2, 0) is 6.18 Å². The van der Waals surface area contributed by atoms with Gasteiger partial charge in [0.05, 0.1) is 11.1 Å². The lowest BCUT2D eigenvalue weighted by Gasteiger charge is -2.40. The Balaban J connectivity index is 1.76. The summed E-state index contributed by atoms with van der Waals surface area (Å²) >= 11 is 0. The molecule has 0 saturated carbocycles. The van der Waals surface area contributed by atoms with Crippen LogP contribution >= 0.6 is 0 Å². The quantitative estimate of drug-likeness (QED) is 0.510. The van der Waals surface area contributed by atoms with Gasteiger partial charge in [0.25, 0.3) is 0 Å². The maximum absolute atomic E-state index is 12.8.